The van der Waals surface area contributed by atoms with Crippen molar-refractivity contribution in [2.75, 3.05) is 13.2 Å². The number of unbranched alkanes of at least 4 members (excludes halogenated alkanes) is 16. The van der Waals surface area contributed by atoms with Gasteiger partial charge in [-0.3, -0.25) is 14.4 Å². The lowest BCUT2D eigenvalue weighted by Crippen LogP contribution is -2.30. The van der Waals surface area contributed by atoms with Crippen LogP contribution in [0.3, 0.4) is 0 Å². The Morgan fingerprint density at radius 1 is 0.344 bits per heavy atom. The topological polar surface area (TPSA) is 78.9 Å². The first-order valence-electron chi connectivity index (χ1n) is 24.7. The molecule has 0 N–H and O–H groups in total. The molecule has 0 spiro atoms. The van der Waals surface area contributed by atoms with Crippen LogP contribution in [0.4, 0.5) is 0 Å². The lowest BCUT2D eigenvalue weighted by atomic mass is 10.0. The van der Waals surface area contributed by atoms with Gasteiger partial charge in [0.25, 0.3) is 0 Å². The van der Waals surface area contributed by atoms with Crippen molar-refractivity contribution >= 4 is 17.9 Å². The highest BCUT2D eigenvalue weighted by atomic mass is 16.6. The van der Waals surface area contributed by atoms with E-state index in [1.54, 1.807) is 0 Å². The van der Waals surface area contributed by atoms with Crippen LogP contribution >= 0.6 is 0 Å². The first kappa shape index (κ1) is 57.3. The molecule has 0 bridgehead atoms. The van der Waals surface area contributed by atoms with Gasteiger partial charge in [-0.05, 0) is 83.5 Å². The minimum atomic E-state index is -0.821. The highest BCUT2D eigenvalue weighted by Gasteiger charge is 2.19. The predicted molar refractivity (Wildman–Crippen MR) is 260 cm³/mol. The van der Waals surface area contributed by atoms with Crippen molar-refractivity contribution < 1.29 is 28.6 Å². The number of allylic oxidation sites excluding steroid dienone is 16. The van der Waals surface area contributed by atoms with Crippen molar-refractivity contribution in [3.8, 4) is 0 Å². The van der Waals surface area contributed by atoms with Crippen LogP contribution < -0.4 is 0 Å². The fourth-order valence-corrected chi connectivity index (χ4v) is 6.45. The zero-order chi connectivity index (χ0) is 44.4. The van der Waals surface area contributed by atoms with Crippen LogP contribution in [0.5, 0.6) is 0 Å². The summed E-state index contributed by atoms with van der Waals surface area (Å²) in [5, 5.41) is 0. The van der Waals surface area contributed by atoms with Crippen LogP contribution in [0.1, 0.15) is 213 Å². The lowest BCUT2D eigenvalue weighted by molar-refractivity contribution is -0.166. The fraction of sp³-hybridized carbons (Fsp3) is 0.655. The molecular weight excluding hydrogens is 757 g/mol. The molecule has 0 aromatic rings. The Labute approximate surface area is 375 Å². The maximum atomic E-state index is 12.8. The molecule has 0 amide bonds. The zero-order valence-corrected chi connectivity index (χ0v) is 39.4. The Morgan fingerprint density at radius 2 is 0.672 bits per heavy atom. The van der Waals surface area contributed by atoms with Gasteiger partial charge in [-0.2, -0.15) is 0 Å². The second-order valence-corrected chi connectivity index (χ2v) is 16.0. The van der Waals surface area contributed by atoms with E-state index in [9.17, 15) is 14.4 Å². The second kappa shape index (κ2) is 49.0. The minimum Gasteiger partial charge on any atom is -0.462 e. The molecule has 0 saturated carbocycles. The third kappa shape index (κ3) is 47.2. The molecule has 0 rings (SSSR count). The van der Waals surface area contributed by atoms with Gasteiger partial charge >= 0.3 is 17.9 Å². The number of hydrogen-bond acceptors (Lipinski definition) is 6. The van der Waals surface area contributed by atoms with E-state index in [1.807, 2.05) is 12.2 Å². The average molecular weight is 847 g/mol. The molecule has 1 atom stereocenters. The third-order valence-electron chi connectivity index (χ3n) is 10.1. The molecule has 0 aliphatic carbocycles. The molecule has 0 saturated heterocycles. The van der Waals surface area contributed by atoms with Crippen molar-refractivity contribution in [1.29, 1.82) is 0 Å². The highest BCUT2D eigenvalue weighted by molar-refractivity contribution is 5.71. The SMILES string of the molecule is CC/C=C\C/C=C\C/C=C\C/C=C\CCCCC(=O)OCC(COC(=O)CC/C=C\C/C=C\C/C=C\C/C=C\CC)OC(=O)CCCCCCCCCCCCCCCCC. The quantitative estimate of drug-likeness (QED) is 0.0263. The smallest absolute Gasteiger partial charge is 0.306 e. The van der Waals surface area contributed by atoms with E-state index in [0.29, 0.717) is 25.7 Å². The molecule has 0 aliphatic heterocycles. The van der Waals surface area contributed by atoms with Crippen LogP contribution in [0.15, 0.2) is 97.2 Å². The summed E-state index contributed by atoms with van der Waals surface area (Å²) in [5.74, 6) is -1.04. The van der Waals surface area contributed by atoms with Gasteiger partial charge in [-0.15, -0.1) is 0 Å². The largest absolute Gasteiger partial charge is 0.462 e. The Balaban J connectivity index is 4.53. The standard InChI is InChI=1S/C55H90O6/c1-4-7-10-13-16-19-22-25-27-30-33-36-39-42-45-48-54(57)60-51-52(50-59-53(56)47-44-41-38-35-32-29-24-21-18-15-12-9-6-3)61-55(58)49-46-43-40-37-34-31-28-26-23-20-17-14-11-8-5-2/h7,9-10,12,16,18-19,21,25,27,29,32-33,36,38,41,52H,4-6,8,11,13-15,17,20,22-24,26,28,30-31,34-35,37,39-40,42-51H2,1-3H3/b10-7-,12-9-,19-16-,21-18-,27-25-,32-29-,36-33-,41-38-. The van der Waals surface area contributed by atoms with Crippen LogP contribution in [0.25, 0.3) is 0 Å². The Morgan fingerprint density at radius 3 is 1.10 bits per heavy atom. The number of carbonyl (C=O) groups is 3. The van der Waals surface area contributed by atoms with Crippen molar-refractivity contribution in [2.24, 2.45) is 0 Å². The van der Waals surface area contributed by atoms with Gasteiger partial charge in [0, 0.05) is 19.3 Å². The molecule has 0 heterocycles. The summed E-state index contributed by atoms with van der Waals surface area (Å²) in [6.07, 6.45) is 64.1. The number of carbonyl (C=O) groups excluding carboxylic acids is 3. The van der Waals surface area contributed by atoms with Gasteiger partial charge in [-0.25, -0.2) is 0 Å². The Bertz CT molecular complexity index is 1250. The van der Waals surface area contributed by atoms with E-state index in [-0.39, 0.29) is 37.5 Å². The van der Waals surface area contributed by atoms with Gasteiger partial charge in [-0.1, -0.05) is 208 Å². The summed E-state index contributed by atoms with van der Waals surface area (Å²) in [6, 6.07) is 0. The predicted octanol–water partition coefficient (Wildman–Crippen LogP) is 16.2. The number of ether oxygens (including phenoxy) is 3. The van der Waals surface area contributed by atoms with E-state index in [4.69, 9.17) is 14.2 Å². The van der Waals surface area contributed by atoms with E-state index in [0.717, 1.165) is 83.5 Å². The van der Waals surface area contributed by atoms with Gasteiger partial charge in [0.15, 0.2) is 6.10 Å². The molecule has 6 heteroatoms. The van der Waals surface area contributed by atoms with Crippen LogP contribution in [-0.4, -0.2) is 37.2 Å². The highest BCUT2D eigenvalue weighted by Crippen LogP contribution is 2.14. The zero-order valence-electron chi connectivity index (χ0n) is 39.4. The van der Waals surface area contributed by atoms with E-state index in [1.165, 1.54) is 77.0 Å². The van der Waals surface area contributed by atoms with E-state index < -0.39 is 6.10 Å². The summed E-state index contributed by atoms with van der Waals surface area (Å²) >= 11 is 0. The summed E-state index contributed by atoms with van der Waals surface area (Å²) in [7, 11) is 0. The maximum absolute atomic E-state index is 12.8. The molecule has 61 heavy (non-hydrogen) atoms. The number of esters is 3. The third-order valence-corrected chi connectivity index (χ3v) is 10.1. The second-order valence-electron chi connectivity index (χ2n) is 16.0. The molecule has 0 aliphatic rings. The first-order chi connectivity index (χ1) is 30.0. The lowest BCUT2D eigenvalue weighted by Gasteiger charge is -2.18. The normalized spacial score (nSPS) is 12.9. The first-order valence-corrected chi connectivity index (χ1v) is 24.7. The molecule has 0 aromatic heterocycles. The van der Waals surface area contributed by atoms with Gasteiger partial charge < -0.3 is 14.2 Å². The van der Waals surface area contributed by atoms with Crippen LogP contribution in [0.2, 0.25) is 0 Å². The molecule has 1 unspecified atom stereocenters. The van der Waals surface area contributed by atoms with Gasteiger partial charge in [0.1, 0.15) is 13.2 Å². The Kier molecular flexibility index (Phi) is 46.0. The van der Waals surface area contributed by atoms with Gasteiger partial charge in [0.2, 0.25) is 0 Å². The molecular formula is C55H90O6. The maximum Gasteiger partial charge on any atom is 0.306 e. The van der Waals surface area contributed by atoms with Crippen LogP contribution in [0, 0.1) is 0 Å². The molecule has 6 nitrogen and oxygen atoms in total. The summed E-state index contributed by atoms with van der Waals surface area (Å²) in [6.45, 7) is 6.30. The van der Waals surface area contributed by atoms with E-state index in [2.05, 4.69) is 106 Å². The minimum absolute atomic E-state index is 0.121. The molecule has 0 radical (unpaired) electrons. The number of rotatable bonds is 43. The van der Waals surface area contributed by atoms with Crippen molar-refractivity contribution in [3.05, 3.63) is 97.2 Å². The van der Waals surface area contributed by atoms with Gasteiger partial charge in [0.05, 0.1) is 0 Å². The summed E-state index contributed by atoms with van der Waals surface area (Å²) in [5.41, 5.74) is 0. The fourth-order valence-electron chi connectivity index (χ4n) is 6.45. The molecule has 0 fully saturated rings. The monoisotopic (exact) mass is 847 g/mol. The summed E-state index contributed by atoms with van der Waals surface area (Å²) in [4.78, 5) is 37.9. The van der Waals surface area contributed by atoms with Crippen molar-refractivity contribution in [3.63, 3.8) is 0 Å². The summed E-state index contributed by atoms with van der Waals surface area (Å²) < 4.78 is 16.7. The molecule has 346 valence electrons. The van der Waals surface area contributed by atoms with Crippen molar-refractivity contribution in [2.45, 2.75) is 219 Å². The Hall–Kier alpha value is -3.67. The van der Waals surface area contributed by atoms with E-state index >= 15 is 0 Å². The average Bonchev–Trinajstić information content (AvgIpc) is 3.26. The molecule has 0 aromatic carbocycles. The van der Waals surface area contributed by atoms with Crippen molar-refractivity contribution in [1.82, 2.24) is 0 Å². The number of hydrogen-bond donors (Lipinski definition) is 0. The van der Waals surface area contributed by atoms with Crippen LogP contribution in [-0.2, 0) is 28.6 Å².